The van der Waals surface area contributed by atoms with Crippen LogP contribution in [0.25, 0.3) is 0 Å². The van der Waals surface area contributed by atoms with Crippen molar-refractivity contribution in [2.75, 3.05) is 0 Å². The Bertz CT molecular complexity index is 947. The molecular formula is C20H14N2. The lowest BCUT2D eigenvalue weighted by molar-refractivity contribution is 1.01. The van der Waals surface area contributed by atoms with E-state index in [4.69, 9.17) is 9.98 Å². The second kappa shape index (κ2) is 4.38. The second-order valence-electron chi connectivity index (χ2n) is 5.94. The van der Waals surface area contributed by atoms with Crippen molar-refractivity contribution >= 4 is 11.4 Å². The Morgan fingerprint density at radius 2 is 1.00 bits per heavy atom. The van der Waals surface area contributed by atoms with Crippen LogP contribution in [0.3, 0.4) is 0 Å². The van der Waals surface area contributed by atoms with Gasteiger partial charge in [-0.05, 0) is 46.5 Å². The van der Waals surface area contributed by atoms with E-state index in [-0.39, 0.29) is 0 Å². The minimum absolute atomic E-state index is 0.944. The van der Waals surface area contributed by atoms with Gasteiger partial charge in [0.15, 0.2) is 0 Å². The van der Waals surface area contributed by atoms with E-state index in [1.54, 1.807) is 0 Å². The Morgan fingerprint density at radius 1 is 0.545 bits per heavy atom. The summed E-state index contributed by atoms with van der Waals surface area (Å²) in [6.45, 7) is 0. The molecule has 0 fully saturated rings. The number of rotatable bonds is 0. The zero-order valence-electron chi connectivity index (χ0n) is 12.1. The molecule has 2 heterocycles. The van der Waals surface area contributed by atoms with Crippen LogP contribution in [-0.2, 0) is 12.8 Å². The summed E-state index contributed by atoms with van der Waals surface area (Å²) in [5.74, 6) is 0. The fraction of sp³-hybridized carbons (Fsp3) is 0.100. The van der Waals surface area contributed by atoms with Gasteiger partial charge in [0.1, 0.15) is 0 Å². The third-order valence-electron chi connectivity index (χ3n) is 4.51. The molecule has 0 bridgehead atoms. The lowest BCUT2D eigenvalue weighted by Gasteiger charge is -2.16. The first-order valence-electron chi connectivity index (χ1n) is 7.62. The quantitative estimate of drug-likeness (QED) is 0.416. The number of para-hydroxylation sites is 2. The summed E-state index contributed by atoms with van der Waals surface area (Å²) < 4.78 is 0. The molecule has 2 nitrogen and oxygen atoms in total. The van der Waals surface area contributed by atoms with Crippen LogP contribution in [0.5, 0.6) is 0 Å². The molecule has 0 aliphatic carbocycles. The minimum atomic E-state index is 0.944. The van der Waals surface area contributed by atoms with E-state index in [0.717, 1.165) is 34.9 Å². The van der Waals surface area contributed by atoms with Crippen LogP contribution >= 0.6 is 0 Å². The van der Waals surface area contributed by atoms with Crippen molar-refractivity contribution < 1.29 is 0 Å². The molecule has 104 valence electrons. The largest absolute Gasteiger partial charge is 0.248 e. The minimum Gasteiger partial charge on any atom is -0.248 e. The molecule has 0 unspecified atom stereocenters. The fourth-order valence-electron chi connectivity index (χ4n) is 3.36. The summed E-state index contributed by atoms with van der Waals surface area (Å²) in [6.07, 6.45) is 1.89. The van der Waals surface area contributed by atoms with Gasteiger partial charge < -0.3 is 0 Å². The van der Waals surface area contributed by atoms with Gasteiger partial charge in [-0.3, -0.25) is 0 Å². The molecular weight excluding hydrogens is 268 g/mol. The molecule has 2 heteroatoms. The average molecular weight is 282 g/mol. The monoisotopic (exact) mass is 282 g/mol. The molecule has 0 atom stereocenters. The van der Waals surface area contributed by atoms with Crippen molar-refractivity contribution in [2.24, 2.45) is 9.98 Å². The van der Waals surface area contributed by atoms with Gasteiger partial charge in [0.05, 0.1) is 22.1 Å². The number of benzene rings is 3. The topological polar surface area (TPSA) is 24.7 Å². The van der Waals surface area contributed by atoms with Gasteiger partial charge in [-0.15, -0.1) is 0 Å². The Balaban J connectivity index is 1.76. The van der Waals surface area contributed by atoms with E-state index >= 15 is 0 Å². The van der Waals surface area contributed by atoms with Gasteiger partial charge in [0.2, 0.25) is 0 Å². The zero-order chi connectivity index (χ0) is 14.5. The maximum absolute atomic E-state index is 4.83. The highest BCUT2D eigenvalue weighted by molar-refractivity contribution is 5.54. The predicted octanol–water partition coefficient (Wildman–Crippen LogP) is 3.40. The van der Waals surface area contributed by atoms with E-state index in [1.165, 1.54) is 22.3 Å². The van der Waals surface area contributed by atoms with E-state index < -0.39 is 0 Å². The van der Waals surface area contributed by atoms with E-state index in [2.05, 4.69) is 60.7 Å². The first-order valence-corrected chi connectivity index (χ1v) is 7.62. The van der Waals surface area contributed by atoms with Gasteiger partial charge >= 0.3 is 0 Å². The smallest absolute Gasteiger partial charge is 0.0676 e. The van der Waals surface area contributed by atoms with Crippen LogP contribution in [-0.4, -0.2) is 0 Å². The molecule has 2 aliphatic rings. The highest BCUT2D eigenvalue weighted by Crippen LogP contribution is 2.26. The van der Waals surface area contributed by atoms with Crippen LogP contribution in [0, 0.1) is 0 Å². The normalized spacial score (nSPS) is 13.8. The molecule has 22 heavy (non-hydrogen) atoms. The Morgan fingerprint density at radius 3 is 1.50 bits per heavy atom. The summed E-state index contributed by atoms with van der Waals surface area (Å²) in [5.41, 5.74) is 7.35. The zero-order valence-corrected chi connectivity index (χ0v) is 12.1. The molecule has 5 rings (SSSR count). The van der Waals surface area contributed by atoms with Gasteiger partial charge in [-0.2, -0.15) is 0 Å². The summed E-state index contributed by atoms with van der Waals surface area (Å²) in [6, 6.07) is 21.2. The van der Waals surface area contributed by atoms with Crippen molar-refractivity contribution in [1.29, 1.82) is 0 Å². The molecule has 3 aromatic rings. The average Bonchev–Trinajstić information content (AvgIpc) is 2.56. The highest BCUT2D eigenvalue weighted by Gasteiger charge is 2.15. The summed E-state index contributed by atoms with van der Waals surface area (Å²) in [7, 11) is 0. The van der Waals surface area contributed by atoms with E-state index in [1.807, 2.05) is 0 Å². The number of hydrogen-bond acceptors (Lipinski definition) is 2. The highest BCUT2D eigenvalue weighted by atomic mass is 14.8. The van der Waals surface area contributed by atoms with E-state index in [0.29, 0.717) is 0 Å². The van der Waals surface area contributed by atoms with Crippen molar-refractivity contribution in [3.8, 4) is 0 Å². The molecule has 0 spiro atoms. The number of fused-ring (bicyclic) bond motifs is 4. The maximum atomic E-state index is 4.83. The Kier molecular flexibility index (Phi) is 2.36. The van der Waals surface area contributed by atoms with Gasteiger partial charge in [-0.1, -0.05) is 36.4 Å². The second-order valence-corrected chi connectivity index (χ2v) is 5.94. The Hall–Kier alpha value is -2.74. The summed E-state index contributed by atoms with van der Waals surface area (Å²) in [5, 5.41) is 2.21. The lowest BCUT2D eigenvalue weighted by Crippen LogP contribution is -2.24. The fourth-order valence-corrected chi connectivity index (χ4v) is 3.36. The maximum Gasteiger partial charge on any atom is 0.0676 e. The summed E-state index contributed by atoms with van der Waals surface area (Å²) >= 11 is 0. The molecule has 0 saturated heterocycles. The first kappa shape index (κ1) is 11.9. The van der Waals surface area contributed by atoms with Crippen molar-refractivity contribution in [3.63, 3.8) is 0 Å². The van der Waals surface area contributed by atoms with Crippen LogP contribution in [0.4, 0.5) is 11.4 Å². The number of nitrogens with zero attached hydrogens (tertiary/aromatic N) is 2. The van der Waals surface area contributed by atoms with Crippen molar-refractivity contribution in [3.05, 3.63) is 93.6 Å². The Labute approximate surface area is 128 Å². The molecule has 0 amide bonds. The standard InChI is InChI=1S/C20H14N2/c1-3-7-17-13(5-1)9-15-11-20-16(12-19(15)21-17)10-14-6-2-4-8-18(14)22-20/h1-8,11-12H,9-10H2. The molecule has 0 aromatic heterocycles. The first-order chi connectivity index (χ1) is 10.9. The van der Waals surface area contributed by atoms with Crippen LogP contribution in [0.2, 0.25) is 0 Å². The molecule has 0 radical (unpaired) electrons. The van der Waals surface area contributed by atoms with Gasteiger partial charge in [0, 0.05) is 12.8 Å². The third-order valence-corrected chi connectivity index (χ3v) is 4.51. The van der Waals surface area contributed by atoms with Crippen molar-refractivity contribution in [1.82, 2.24) is 0 Å². The SMILES string of the molecule is c1ccc2c(c1)Cc1cc3c(cc1=N2)Cc1ccccc1N=3. The molecule has 0 saturated carbocycles. The van der Waals surface area contributed by atoms with Gasteiger partial charge in [0.25, 0.3) is 0 Å². The third kappa shape index (κ3) is 1.74. The van der Waals surface area contributed by atoms with Gasteiger partial charge in [-0.25, -0.2) is 9.98 Å². The van der Waals surface area contributed by atoms with Crippen LogP contribution in [0.1, 0.15) is 22.3 Å². The molecule has 3 aromatic carbocycles. The molecule has 0 N–H and O–H groups in total. The van der Waals surface area contributed by atoms with Crippen LogP contribution in [0.15, 0.2) is 70.6 Å². The van der Waals surface area contributed by atoms with E-state index in [9.17, 15) is 0 Å². The molecule has 2 aliphatic heterocycles. The van der Waals surface area contributed by atoms with Crippen molar-refractivity contribution in [2.45, 2.75) is 12.8 Å². The summed E-state index contributed by atoms with van der Waals surface area (Å²) in [4.78, 5) is 9.66. The predicted molar refractivity (Wildman–Crippen MR) is 86.6 cm³/mol. The lowest BCUT2D eigenvalue weighted by atomic mass is 9.94. The number of hydrogen-bond donors (Lipinski definition) is 0. The van der Waals surface area contributed by atoms with Crippen LogP contribution < -0.4 is 10.7 Å².